The van der Waals surface area contributed by atoms with Crippen molar-refractivity contribution < 1.29 is 9.53 Å². The molecule has 1 heterocycles. The molecule has 0 aromatic heterocycles. The molecule has 1 aliphatic heterocycles. The first-order valence-electron chi connectivity index (χ1n) is 7.85. The number of carbonyl (C=O) groups is 1. The minimum atomic E-state index is 0.0483. The number of carbonyl (C=O) groups excluding carboxylic acids is 1. The maximum absolute atomic E-state index is 12.6. The summed E-state index contributed by atoms with van der Waals surface area (Å²) < 4.78 is 5.37. The third-order valence-electron chi connectivity index (χ3n) is 5.28. The summed E-state index contributed by atoms with van der Waals surface area (Å²) in [5, 5.41) is 3.60. The van der Waals surface area contributed by atoms with Crippen LogP contribution in [0, 0.1) is 5.92 Å². The molecule has 4 nitrogen and oxygen atoms in total. The highest BCUT2D eigenvalue weighted by atomic mass is 16.5. The average Bonchev–Trinajstić information content (AvgIpc) is 2.97. The monoisotopic (exact) mass is 266 g/mol. The van der Waals surface area contributed by atoms with E-state index in [1.54, 1.807) is 7.11 Å². The maximum Gasteiger partial charge on any atom is 0.241 e. The van der Waals surface area contributed by atoms with Gasteiger partial charge in [0.15, 0.2) is 0 Å². The fourth-order valence-electron chi connectivity index (χ4n) is 3.97. The quantitative estimate of drug-likeness (QED) is 0.845. The third-order valence-corrected chi connectivity index (χ3v) is 5.28. The fourth-order valence-corrected chi connectivity index (χ4v) is 3.97. The number of amides is 1. The maximum atomic E-state index is 12.6. The van der Waals surface area contributed by atoms with Gasteiger partial charge in [0.25, 0.3) is 0 Å². The van der Waals surface area contributed by atoms with Crippen molar-refractivity contribution >= 4 is 5.91 Å². The van der Waals surface area contributed by atoms with Crippen LogP contribution in [0.25, 0.3) is 0 Å². The van der Waals surface area contributed by atoms with Crippen LogP contribution in [0.15, 0.2) is 0 Å². The Morgan fingerprint density at radius 3 is 2.58 bits per heavy atom. The molecule has 2 aliphatic carbocycles. The Hall–Kier alpha value is -0.610. The molecule has 0 radical (unpaired) electrons. The van der Waals surface area contributed by atoms with Crippen LogP contribution < -0.4 is 5.32 Å². The van der Waals surface area contributed by atoms with E-state index in [2.05, 4.69) is 17.1 Å². The van der Waals surface area contributed by atoms with Gasteiger partial charge in [-0.1, -0.05) is 19.8 Å². The summed E-state index contributed by atoms with van der Waals surface area (Å²) in [7, 11) is 1.77. The summed E-state index contributed by atoms with van der Waals surface area (Å²) in [6.07, 6.45) is 8.80. The molecular weight excluding hydrogens is 240 g/mol. The van der Waals surface area contributed by atoms with Crippen LogP contribution in [-0.2, 0) is 9.53 Å². The number of nitrogens with one attached hydrogen (secondary N) is 1. The molecule has 0 bridgehead atoms. The molecule has 0 aromatic rings. The van der Waals surface area contributed by atoms with E-state index in [1.165, 1.54) is 25.7 Å². The van der Waals surface area contributed by atoms with E-state index in [0.29, 0.717) is 30.1 Å². The van der Waals surface area contributed by atoms with Crippen molar-refractivity contribution in [3.63, 3.8) is 0 Å². The molecule has 108 valence electrons. The van der Waals surface area contributed by atoms with Crippen molar-refractivity contribution in [3.05, 3.63) is 0 Å². The highest BCUT2D eigenvalue weighted by Crippen LogP contribution is 2.38. The topological polar surface area (TPSA) is 41.6 Å². The number of methoxy groups -OCH3 is 1. The number of ether oxygens (including phenoxy) is 1. The molecule has 19 heavy (non-hydrogen) atoms. The van der Waals surface area contributed by atoms with Gasteiger partial charge < -0.3 is 9.64 Å². The summed E-state index contributed by atoms with van der Waals surface area (Å²) in [5.41, 5.74) is 0. The van der Waals surface area contributed by atoms with Crippen molar-refractivity contribution in [2.45, 2.75) is 76.2 Å². The smallest absolute Gasteiger partial charge is 0.241 e. The molecule has 3 aliphatic rings. The minimum Gasteiger partial charge on any atom is -0.381 e. The van der Waals surface area contributed by atoms with Crippen molar-refractivity contribution in [1.29, 1.82) is 0 Å². The molecule has 1 saturated heterocycles. The Kier molecular flexibility index (Phi) is 3.81. The zero-order valence-electron chi connectivity index (χ0n) is 12.1. The van der Waals surface area contributed by atoms with Gasteiger partial charge in [-0.2, -0.15) is 0 Å². The van der Waals surface area contributed by atoms with Crippen LogP contribution in [0.5, 0.6) is 0 Å². The van der Waals surface area contributed by atoms with Crippen LogP contribution in [0.1, 0.15) is 51.9 Å². The first kappa shape index (κ1) is 13.4. The first-order chi connectivity index (χ1) is 9.24. The second-order valence-electron chi connectivity index (χ2n) is 6.35. The summed E-state index contributed by atoms with van der Waals surface area (Å²) in [6, 6.07) is 0.458. The van der Waals surface area contributed by atoms with E-state index >= 15 is 0 Å². The standard InChI is InChI=1S/C15H26N2O2/c1-3-13-15(18)17(11-8-12(9-11)19-2)14(16-13)10-6-4-5-7-10/h10-14,16H,3-9H2,1-2H3. The Bertz CT molecular complexity index is 335. The normalized spacial score (nSPS) is 39.9. The van der Waals surface area contributed by atoms with Gasteiger partial charge in [0.05, 0.1) is 18.3 Å². The van der Waals surface area contributed by atoms with E-state index in [4.69, 9.17) is 4.74 Å². The van der Waals surface area contributed by atoms with Crippen LogP contribution in [0.4, 0.5) is 0 Å². The van der Waals surface area contributed by atoms with Gasteiger partial charge in [0, 0.05) is 13.2 Å². The largest absolute Gasteiger partial charge is 0.381 e. The van der Waals surface area contributed by atoms with Crippen molar-refractivity contribution in [2.75, 3.05) is 7.11 Å². The Labute approximate surface area is 115 Å². The minimum absolute atomic E-state index is 0.0483. The van der Waals surface area contributed by atoms with E-state index in [1.807, 2.05) is 0 Å². The molecular formula is C15H26N2O2. The van der Waals surface area contributed by atoms with Crippen molar-refractivity contribution in [2.24, 2.45) is 5.92 Å². The third kappa shape index (κ3) is 2.29. The van der Waals surface area contributed by atoms with E-state index in [0.717, 1.165) is 19.3 Å². The van der Waals surface area contributed by atoms with Crippen LogP contribution in [0.3, 0.4) is 0 Å². The average molecular weight is 266 g/mol. The van der Waals surface area contributed by atoms with Gasteiger partial charge in [0.1, 0.15) is 0 Å². The lowest BCUT2D eigenvalue weighted by atomic mass is 9.86. The van der Waals surface area contributed by atoms with Gasteiger partial charge in [-0.25, -0.2) is 0 Å². The number of hydrogen-bond acceptors (Lipinski definition) is 3. The lowest BCUT2D eigenvalue weighted by Gasteiger charge is -2.44. The Morgan fingerprint density at radius 1 is 1.32 bits per heavy atom. The molecule has 3 rings (SSSR count). The molecule has 4 heteroatoms. The molecule has 2 saturated carbocycles. The first-order valence-corrected chi connectivity index (χ1v) is 7.85. The number of rotatable bonds is 4. The van der Waals surface area contributed by atoms with Gasteiger partial charge in [-0.15, -0.1) is 0 Å². The highest BCUT2D eigenvalue weighted by Gasteiger charge is 2.48. The van der Waals surface area contributed by atoms with Gasteiger partial charge in [-0.3, -0.25) is 10.1 Å². The Morgan fingerprint density at radius 2 is 2.00 bits per heavy atom. The summed E-state index contributed by atoms with van der Waals surface area (Å²) >= 11 is 0. The summed E-state index contributed by atoms with van der Waals surface area (Å²) in [5.74, 6) is 1.00. The molecule has 2 atom stereocenters. The Balaban J connectivity index is 1.71. The SMILES string of the molecule is CCC1NC(C2CCCC2)N(C2CC(OC)C2)C1=O. The molecule has 0 spiro atoms. The molecule has 0 aromatic carbocycles. The van der Waals surface area contributed by atoms with E-state index < -0.39 is 0 Å². The predicted molar refractivity (Wildman–Crippen MR) is 73.6 cm³/mol. The lowest BCUT2D eigenvalue weighted by Crippen LogP contribution is -2.54. The lowest BCUT2D eigenvalue weighted by molar-refractivity contribution is -0.138. The van der Waals surface area contributed by atoms with E-state index in [9.17, 15) is 4.79 Å². The van der Waals surface area contributed by atoms with E-state index in [-0.39, 0.29) is 6.04 Å². The highest BCUT2D eigenvalue weighted by molar-refractivity contribution is 5.84. The summed E-state index contributed by atoms with van der Waals surface area (Å²) in [4.78, 5) is 14.7. The number of nitrogens with zero attached hydrogens (tertiary/aromatic N) is 1. The molecule has 1 amide bonds. The van der Waals surface area contributed by atoms with Gasteiger partial charge in [0.2, 0.25) is 5.91 Å². The van der Waals surface area contributed by atoms with Crippen LogP contribution >= 0.6 is 0 Å². The molecule has 2 unspecified atom stereocenters. The van der Waals surface area contributed by atoms with Crippen molar-refractivity contribution in [1.82, 2.24) is 10.2 Å². The zero-order valence-corrected chi connectivity index (χ0v) is 12.1. The fraction of sp³-hybridized carbons (Fsp3) is 0.933. The molecule has 1 N–H and O–H groups in total. The number of hydrogen-bond donors (Lipinski definition) is 1. The van der Waals surface area contributed by atoms with Gasteiger partial charge >= 0.3 is 0 Å². The van der Waals surface area contributed by atoms with Crippen LogP contribution in [0.2, 0.25) is 0 Å². The summed E-state index contributed by atoms with van der Waals surface area (Å²) in [6.45, 7) is 2.10. The second kappa shape index (κ2) is 5.41. The predicted octanol–water partition coefficient (Wildman–Crippen LogP) is 1.89. The second-order valence-corrected chi connectivity index (χ2v) is 6.35. The van der Waals surface area contributed by atoms with Gasteiger partial charge in [-0.05, 0) is 38.0 Å². The van der Waals surface area contributed by atoms with Crippen molar-refractivity contribution in [3.8, 4) is 0 Å². The zero-order chi connectivity index (χ0) is 13.4. The molecule has 3 fully saturated rings. The van der Waals surface area contributed by atoms with Crippen LogP contribution in [-0.4, -0.2) is 42.3 Å².